The van der Waals surface area contributed by atoms with E-state index in [1.54, 1.807) is 23.1 Å². The van der Waals surface area contributed by atoms with Gasteiger partial charge in [0, 0.05) is 18.1 Å². The number of esters is 1. The lowest BCUT2D eigenvalue weighted by Gasteiger charge is -2.08. The van der Waals surface area contributed by atoms with Gasteiger partial charge in [0.1, 0.15) is 6.61 Å². The van der Waals surface area contributed by atoms with Gasteiger partial charge in [-0.15, -0.1) is 0 Å². The molecule has 5 nitrogen and oxygen atoms in total. The molecule has 0 atom stereocenters. The predicted molar refractivity (Wildman–Crippen MR) is 73.4 cm³/mol. The van der Waals surface area contributed by atoms with Crippen molar-refractivity contribution in [3.63, 3.8) is 0 Å². The first kappa shape index (κ1) is 13.7. The molecule has 0 radical (unpaired) electrons. The summed E-state index contributed by atoms with van der Waals surface area (Å²) in [6.45, 7) is 0.648. The normalized spacial score (nSPS) is 10.4. The summed E-state index contributed by atoms with van der Waals surface area (Å²) in [6, 6.07) is 4.70. The Morgan fingerprint density at radius 1 is 1.42 bits per heavy atom. The highest BCUT2D eigenvalue weighted by Gasteiger charge is 2.15. The summed E-state index contributed by atoms with van der Waals surface area (Å²) in [5.74, 6) is -0.564. The first-order valence-electron chi connectivity index (χ1n) is 5.47. The zero-order valence-electron chi connectivity index (χ0n) is 9.85. The summed E-state index contributed by atoms with van der Waals surface area (Å²) in [5, 5.41) is 4.35. The fourth-order valence-corrected chi connectivity index (χ4v) is 1.91. The molecule has 0 saturated heterocycles. The van der Waals surface area contributed by atoms with Crippen molar-refractivity contribution in [2.45, 2.75) is 6.54 Å². The lowest BCUT2D eigenvalue weighted by molar-refractivity contribution is 0.0488. The Morgan fingerprint density at radius 2 is 2.21 bits per heavy atom. The molecule has 0 fully saturated rings. The summed E-state index contributed by atoms with van der Waals surface area (Å²) in [6.07, 6.45) is 3.43. The molecule has 7 heteroatoms. The minimum Gasteiger partial charge on any atom is -0.460 e. The van der Waals surface area contributed by atoms with Crippen molar-refractivity contribution in [1.29, 1.82) is 0 Å². The number of anilines is 1. The van der Waals surface area contributed by atoms with Gasteiger partial charge in [-0.25, -0.2) is 4.79 Å². The van der Waals surface area contributed by atoms with E-state index in [2.05, 4.69) is 5.10 Å². The Hall–Kier alpha value is -1.72. The first-order valence-corrected chi connectivity index (χ1v) is 6.22. The molecule has 2 N–H and O–H groups in total. The van der Waals surface area contributed by atoms with Crippen molar-refractivity contribution in [2.75, 3.05) is 12.3 Å². The highest BCUT2D eigenvalue weighted by atomic mass is 35.5. The number of nitrogens with two attached hydrogens (primary N) is 1. The molecule has 19 heavy (non-hydrogen) atoms. The van der Waals surface area contributed by atoms with Gasteiger partial charge in [0.05, 0.1) is 22.2 Å². The number of hydrogen-bond acceptors (Lipinski definition) is 4. The molecule has 1 heterocycles. The average molecular weight is 300 g/mol. The molecular weight excluding hydrogens is 289 g/mol. The van der Waals surface area contributed by atoms with E-state index in [0.29, 0.717) is 12.2 Å². The summed E-state index contributed by atoms with van der Waals surface area (Å²) < 4.78 is 6.75. The first-order chi connectivity index (χ1) is 9.08. The number of nitrogen functional groups attached to an aromatic ring is 1. The quantitative estimate of drug-likeness (QED) is 0.696. The highest BCUT2D eigenvalue weighted by molar-refractivity contribution is 6.44. The van der Waals surface area contributed by atoms with E-state index < -0.39 is 5.97 Å². The average Bonchev–Trinajstić information content (AvgIpc) is 2.86. The number of nitrogens with zero attached hydrogens (tertiary/aromatic N) is 2. The van der Waals surface area contributed by atoms with Crippen LogP contribution in [0.25, 0.3) is 0 Å². The number of carbonyl (C=O) groups excluding carboxylic acids is 1. The van der Waals surface area contributed by atoms with Gasteiger partial charge in [-0.2, -0.15) is 5.10 Å². The zero-order valence-corrected chi connectivity index (χ0v) is 11.4. The Labute approximate surface area is 119 Å². The van der Waals surface area contributed by atoms with Gasteiger partial charge in [0.15, 0.2) is 0 Å². The fraction of sp³-hybridized carbons (Fsp3) is 0.167. The lowest BCUT2D eigenvalue weighted by Crippen LogP contribution is -2.12. The van der Waals surface area contributed by atoms with Crippen molar-refractivity contribution < 1.29 is 9.53 Å². The van der Waals surface area contributed by atoms with Crippen LogP contribution in [0.1, 0.15) is 10.4 Å². The molecule has 2 aromatic rings. The molecule has 0 aliphatic rings. The predicted octanol–water partition coefficient (Wildman–Crippen LogP) is 2.63. The molecule has 1 aromatic carbocycles. The van der Waals surface area contributed by atoms with Gasteiger partial charge >= 0.3 is 5.97 Å². The molecule has 100 valence electrons. The zero-order chi connectivity index (χ0) is 13.8. The molecule has 0 saturated carbocycles. The maximum absolute atomic E-state index is 11.8. The van der Waals surface area contributed by atoms with E-state index in [9.17, 15) is 4.79 Å². The van der Waals surface area contributed by atoms with Crippen LogP contribution in [0.3, 0.4) is 0 Å². The van der Waals surface area contributed by atoms with Crippen molar-refractivity contribution in [3.05, 3.63) is 46.2 Å². The lowest BCUT2D eigenvalue weighted by atomic mass is 10.2. The largest absolute Gasteiger partial charge is 0.460 e. The molecule has 0 aliphatic heterocycles. The molecule has 0 amide bonds. The minimum atomic E-state index is -0.564. The molecular formula is C12H11Cl2N3O2. The van der Waals surface area contributed by atoms with Crippen molar-refractivity contribution in [2.24, 2.45) is 0 Å². The van der Waals surface area contributed by atoms with Crippen LogP contribution in [0.4, 0.5) is 5.69 Å². The maximum Gasteiger partial charge on any atom is 0.339 e. The number of rotatable bonds is 4. The molecule has 1 aromatic heterocycles. The van der Waals surface area contributed by atoms with Gasteiger partial charge in [0.25, 0.3) is 0 Å². The summed E-state index contributed by atoms with van der Waals surface area (Å²) in [4.78, 5) is 11.8. The van der Waals surface area contributed by atoms with E-state index in [1.807, 2.05) is 0 Å². The van der Waals surface area contributed by atoms with Crippen molar-refractivity contribution in [1.82, 2.24) is 9.78 Å². The van der Waals surface area contributed by atoms with Crippen LogP contribution in [0.15, 0.2) is 30.6 Å². The van der Waals surface area contributed by atoms with E-state index in [-0.39, 0.29) is 22.2 Å². The maximum atomic E-state index is 11.8. The molecule has 0 bridgehead atoms. The number of hydrogen-bond donors (Lipinski definition) is 1. The van der Waals surface area contributed by atoms with Crippen LogP contribution in [0, 0.1) is 0 Å². The minimum absolute atomic E-state index is 0.139. The third kappa shape index (κ3) is 3.39. The van der Waals surface area contributed by atoms with E-state index in [0.717, 1.165) is 0 Å². The van der Waals surface area contributed by atoms with Crippen LogP contribution in [0.2, 0.25) is 10.0 Å². The third-order valence-electron chi connectivity index (χ3n) is 2.38. The fourth-order valence-electron chi connectivity index (χ4n) is 1.50. The van der Waals surface area contributed by atoms with Crippen LogP contribution in [-0.4, -0.2) is 22.4 Å². The highest BCUT2D eigenvalue weighted by Crippen LogP contribution is 2.29. The Morgan fingerprint density at radius 3 is 2.89 bits per heavy atom. The third-order valence-corrected chi connectivity index (χ3v) is 3.19. The molecule has 0 spiro atoms. The standard InChI is InChI=1S/C12H11Cl2N3O2/c13-10-7-8(15)6-9(11(10)14)12(18)19-5-4-17-3-1-2-16-17/h1-3,6-7H,4-5,15H2. The van der Waals surface area contributed by atoms with Crippen LogP contribution < -0.4 is 5.73 Å². The summed E-state index contributed by atoms with van der Waals surface area (Å²) >= 11 is 11.8. The van der Waals surface area contributed by atoms with Crippen molar-refractivity contribution in [3.8, 4) is 0 Å². The number of carbonyl (C=O) groups is 1. The van der Waals surface area contributed by atoms with Gasteiger partial charge in [0.2, 0.25) is 0 Å². The van der Waals surface area contributed by atoms with Gasteiger partial charge in [-0.1, -0.05) is 23.2 Å². The Balaban J connectivity index is 2.00. The van der Waals surface area contributed by atoms with Gasteiger partial charge in [-0.05, 0) is 18.2 Å². The number of benzene rings is 1. The second-order valence-electron chi connectivity index (χ2n) is 3.77. The Kier molecular flexibility index (Phi) is 4.29. The van der Waals surface area contributed by atoms with Crippen LogP contribution in [0.5, 0.6) is 0 Å². The Bertz CT molecular complexity index is 585. The molecule has 2 rings (SSSR count). The second kappa shape index (κ2) is 5.95. The monoisotopic (exact) mass is 299 g/mol. The number of ether oxygens (including phenoxy) is 1. The molecule has 0 aliphatic carbocycles. The van der Waals surface area contributed by atoms with Gasteiger partial charge in [-0.3, -0.25) is 4.68 Å². The van der Waals surface area contributed by atoms with Crippen molar-refractivity contribution >= 4 is 34.9 Å². The van der Waals surface area contributed by atoms with Gasteiger partial charge < -0.3 is 10.5 Å². The van der Waals surface area contributed by atoms with Crippen LogP contribution >= 0.6 is 23.2 Å². The topological polar surface area (TPSA) is 70.1 Å². The van der Waals surface area contributed by atoms with Crippen LogP contribution in [-0.2, 0) is 11.3 Å². The SMILES string of the molecule is Nc1cc(Cl)c(Cl)c(C(=O)OCCn2cccn2)c1. The number of halogens is 2. The summed E-state index contributed by atoms with van der Waals surface area (Å²) in [5.41, 5.74) is 6.12. The molecule has 0 unspecified atom stereocenters. The summed E-state index contributed by atoms with van der Waals surface area (Å²) in [7, 11) is 0. The van der Waals surface area contributed by atoms with E-state index in [1.165, 1.54) is 12.1 Å². The smallest absolute Gasteiger partial charge is 0.339 e. The van der Waals surface area contributed by atoms with E-state index >= 15 is 0 Å². The van der Waals surface area contributed by atoms with E-state index in [4.69, 9.17) is 33.7 Å². The number of aromatic nitrogens is 2. The second-order valence-corrected chi connectivity index (χ2v) is 4.55.